The third-order valence-electron chi connectivity index (χ3n) is 5.71. The molecule has 3 rings (SSSR count). The van der Waals surface area contributed by atoms with E-state index in [1.807, 2.05) is 24.3 Å². The minimum absolute atomic E-state index is 0.132. The van der Waals surface area contributed by atoms with Crippen molar-refractivity contribution in [1.82, 2.24) is 10.2 Å². The van der Waals surface area contributed by atoms with E-state index in [9.17, 15) is 9.59 Å². The fourth-order valence-electron chi connectivity index (χ4n) is 4.06. The zero-order valence-electron chi connectivity index (χ0n) is 17.3. The van der Waals surface area contributed by atoms with E-state index in [1.165, 1.54) is 6.42 Å². The summed E-state index contributed by atoms with van der Waals surface area (Å²) in [5, 5.41) is 4.37. The summed E-state index contributed by atoms with van der Waals surface area (Å²) in [6.45, 7) is 0.320. The van der Waals surface area contributed by atoms with Gasteiger partial charge >= 0.3 is 0 Å². The molecule has 166 valence electrons. The maximum Gasteiger partial charge on any atom is 0.247 e. The zero-order valence-corrected chi connectivity index (χ0v) is 19.6. The van der Waals surface area contributed by atoms with E-state index in [0.717, 1.165) is 31.2 Å². The van der Waals surface area contributed by atoms with Crippen LogP contribution < -0.4 is 5.32 Å². The first-order valence-electron chi connectivity index (χ1n) is 10.6. The van der Waals surface area contributed by atoms with Crippen molar-refractivity contribution in [2.24, 2.45) is 0 Å². The predicted octanol–water partition coefficient (Wildman–Crippen LogP) is 5.79. The van der Waals surface area contributed by atoms with Crippen molar-refractivity contribution < 1.29 is 9.59 Å². The van der Waals surface area contributed by atoms with Gasteiger partial charge in [0.2, 0.25) is 11.8 Å². The van der Waals surface area contributed by atoms with Crippen molar-refractivity contribution in [1.29, 1.82) is 0 Å². The van der Waals surface area contributed by atoms with Crippen LogP contribution in [0.2, 0.25) is 10.0 Å². The topological polar surface area (TPSA) is 49.4 Å². The van der Waals surface area contributed by atoms with E-state index in [2.05, 4.69) is 5.32 Å². The number of alkyl halides is 1. The van der Waals surface area contributed by atoms with E-state index < -0.39 is 6.04 Å². The second kappa shape index (κ2) is 11.8. The van der Waals surface area contributed by atoms with Crippen LogP contribution in [0.3, 0.4) is 0 Å². The molecule has 0 bridgehead atoms. The van der Waals surface area contributed by atoms with Crippen LogP contribution in [0.15, 0.2) is 48.5 Å². The van der Waals surface area contributed by atoms with Gasteiger partial charge in [-0.05, 0) is 48.6 Å². The Balaban J connectivity index is 1.88. The summed E-state index contributed by atoms with van der Waals surface area (Å²) in [4.78, 5) is 27.8. The van der Waals surface area contributed by atoms with Gasteiger partial charge in [-0.25, -0.2) is 0 Å². The Kier molecular flexibility index (Phi) is 9.06. The van der Waals surface area contributed by atoms with E-state index in [4.69, 9.17) is 34.8 Å². The molecule has 0 aliphatic heterocycles. The van der Waals surface area contributed by atoms with E-state index in [1.54, 1.807) is 29.2 Å². The lowest BCUT2D eigenvalue weighted by Gasteiger charge is -2.33. The molecule has 4 nitrogen and oxygen atoms in total. The zero-order chi connectivity index (χ0) is 22.2. The molecule has 1 fully saturated rings. The molecule has 0 unspecified atom stereocenters. The highest BCUT2D eigenvalue weighted by molar-refractivity contribution is 6.31. The summed E-state index contributed by atoms with van der Waals surface area (Å²) in [5.74, 6) is -0.692. The Morgan fingerprint density at radius 2 is 1.68 bits per heavy atom. The quantitative estimate of drug-likeness (QED) is 0.485. The number of nitrogens with one attached hydrogen (secondary N) is 1. The Bertz CT molecular complexity index is 883. The van der Waals surface area contributed by atoms with Crippen LogP contribution in [0.1, 0.15) is 49.3 Å². The number of rotatable bonds is 8. The fraction of sp³-hybridized carbons (Fsp3) is 0.417. The molecule has 1 saturated carbocycles. The SMILES string of the molecule is O=C(NC1CCCCC1)[C@@H](c1ccc(Cl)cc1)N(CCc1ccccc1Cl)C(=O)CCl. The normalized spacial score (nSPS) is 15.3. The van der Waals surface area contributed by atoms with Gasteiger partial charge in [-0.1, -0.05) is 72.8 Å². The molecule has 7 heteroatoms. The van der Waals surface area contributed by atoms with E-state index in [-0.39, 0.29) is 23.7 Å². The van der Waals surface area contributed by atoms with Gasteiger partial charge in [-0.2, -0.15) is 0 Å². The van der Waals surface area contributed by atoms with Crippen molar-refractivity contribution in [3.05, 3.63) is 69.7 Å². The highest BCUT2D eigenvalue weighted by Crippen LogP contribution is 2.26. The third-order valence-corrected chi connectivity index (χ3v) is 6.56. The van der Waals surface area contributed by atoms with E-state index >= 15 is 0 Å². The smallest absolute Gasteiger partial charge is 0.247 e. The summed E-state index contributed by atoms with van der Waals surface area (Å²) < 4.78 is 0. The van der Waals surface area contributed by atoms with Gasteiger partial charge in [0, 0.05) is 22.6 Å². The molecule has 1 N–H and O–H groups in total. The van der Waals surface area contributed by atoms with Crippen LogP contribution in [0.5, 0.6) is 0 Å². The Morgan fingerprint density at radius 1 is 1.00 bits per heavy atom. The molecule has 2 aromatic carbocycles. The van der Waals surface area contributed by atoms with Crippen LogP contribution in [-0.4, -0.2) is 35.2 Å². The first-order valence-corrected chi connectivity index (χ1v) is 11.9. The van der Waals surface area contributed by atoms with Gasteiger partial charge in [0.05, 0.1) is 0 Å². The van der Waals surface area contributed by atoms with Gasteiger partial charge < -0.3 is 10.2 Å². The Labute approximate surface area is 198 Å². The molecule has 31 heavy (non-hydrogen) atoms. The second-order valence-corrected chi connectivity index (χ2v) is 8.97. The summed E-state index contributed by atoms with van der Waals surface area (Å²) in [7, 11) is 0. The van der Waals surface area contributed by atoms with Crippen molar-refractivity contribution in [2.75, 3.05) is 12.4 Å². The third kappa shape index (κ3) is 6.61. The lowest BCUT2D eigenvalue weighted by molar-refractivity contribution is -0.139. The molecule has 0 radical (unpaired) electrons. The van der Waals surface area contributed by atoms with Crippen molar-refractivity contribution in [3.63, 3.8) is 0 Å². The molecule has 0 saturated heterocycles. The standard InChI is InChI=1S/C24H27Cl3N2O2/c25-16-22(30)29(15-14-17-6-4-5-9-21(17)27)23(18-10-12-19(26)13-11-18)24(31)28-20-7-2-1-3-8-20/h4-6,9-13,20,23H,1-3,7-8,14-16H2,(H,28,31)/t23-/m1/s1. The average molecular weight is 482 g/mol. The van der Waals surface area contributed by atoms with Crippen LogP contribution in [0.25, 0.3) is 0 Å². The molecule has 1 aliphatic carbocycles. The lowest BCUT2D eigenvalue weighted by atomic mass is 9.94. The van der Waals surface area contributed by atoms with E-state index in [0.29, 0.717) is 28.6 Å². The first kappa shape index (κ1) is 23.9. The highest BCUT2D eigenvalue weighted by atomic mass is 35.5. The monoisotopic (exact) mass is 480 g/mol. The van der Waals surface area contributed by atoms with Gasteiger partial charge in [0.15, 0.2) is 0 Å². The Morgan fingerprint density at radius 3 is 2.32 bits per heavy atom. The molecule has 0 spiro atoms. The maximum absolute atomic E-state index is 13.4. The number of amides is 2. The number of halogens is 3. The number of carbonyl (C=O) groups is 2. The summed E-state index contributed by atoms with van der Waals surface area (Å²) >= 11 is 18.3. The van der Waals surface area contributed by atoms with Crippen molar-refractivity contribution >= 4 is 46.6 Å². The molecule has 0 aromatic heterocycles. The van der Waals surface area contributed by atoms with Crippen LogP contribution in [-0.2, 0) is 16.0 Å². The number of benzene rings is 2. The van der Waals surface area contributed by atoms with Crippen molar-refractivity contribution in [2.45, 2.75) is 50.6 Å². The minimum atomic E-state index is -0.784. The fourth-order valence-corrected chi connectivity index (χ4v) is 4.57. The molecule has 0 heterocycles. The largest absolute Gasteiger partial charge is 0.351 e. The van der Waals surface area contributed by atoms with Crippen LogP contribution in [0.4, 0.5) is 0 Å². The molecule has 1 atom stereocenters. The number of hydrogen-bond donors (Lipinski definition) is 1. The highest BCUT2D eigenvalue weighted by Gasteiger charge is 2.32. The first-order chi connectivity index (χ1) is 15.0. The molecule has 2 amide bonds. The summed E-state index contributed by atoms with van der Waals surface area (Å²) in [6.07, 6.45) is 5.84. The maximum atomic E-state index is 13.4. The summed E-state index contributed by atoms with van der Waals surface area (Å²) in [6, 6.07) is 13.9. The van der Waals surface area contributed by atoms with Gasteiger partial charge in [-0.15, -0.1) is 11.6 Å². The van der Waals surface area contributed by atoms with Gasteiger partial charge in [0.1, 0.15) is 11.9 Å². The molecule has 2 aromatic rings. The molecular formula is C24H27Cl3N2O2. The van der Waals surface area contributed by atoms with Crippen LogP contribution in [0, 0.1) is 0 Å². The summed E-state index contributed by atoms with van der Waals surface area (Å²) in [5.41, 5.74) is 1.62. The number of nitrogens with zero attached hydrogens (tertiary/aromatic N) is 1. The number of carbonyl (C=O) groups excluding carboxylic acids is 2. The molecular weight excluding hydrogens is 455 g/mol. The second-order valence-electron chi connectivity index (χ2n) is 7.86. The van der Waals surface area contributed by atoms with Gasteiger partial charge in [0.25, 0.3) is 0 Å². The lowest BCUT2D eigenvalue weighted by Crippen LogP contribution is -2.48. The molecule has 1 aliphatic rings. The average Bonchev–Trinajstić information content (AvgIpc) is 2.78. The predicted molar refractivity (Wildman–Crippen MR) is 127 cm³/mol. The number of hydrogen-bond acceptors (Lipinski definition) is 2. The Hall–Kier alpha value is -1.75. The minimum Gasteiger partial charge on any atom is -0.351 e. The van der Waals surface area contributed by atoms with Crippen molar-refractivity contribution in [3.8, 4) is 0 Å². The van der Waals surface area contributed by atoms with Gasteiger partial charge in [-0.3, -0.25) is 9.59 Å². The van der Waals surface area contributed by atoms with Crippen LogP contribution >= 0.6 is 34.8 Å².